The van der Waals surface area contributed by atoms with Gasteiger partial charge in [0.05, 0.1) is 4.88 Å². The molecular formula is C24H29N5OS. The van der Waals surface area contributed by atoms with Gasteiger partial charge >= 0.3 is 0 Å². The fourth-order valence-electron chi connectivity index (χ4n) is 5.36. The average molecular weight is 436 g/mol. The molecular weight excluding hydrogens is 406 g/mol. The molecule has 2 fully saturated rings. The minimum atomic E-state index is 0.137. The molecule has 1 spiro atoms. The molecule has 2 aliphatic heterocycles. The largest absolute Gasteiger partial charge is 0.338 e. The minimum Gasteiger partial charge on any atom is -0.338 e. The number of benzene rings is 1. The number of hydrogen-bond donors (Lipinski definition) is 0. The van der Waals surface area contributed by atoms with Gasteiger partial charge in [-0.2, -0.15) is 0 Å². The molecule has 4 heterocycles. The molecule has 1 unspecified atom stereocenters. The SMILES string of the molecule is Cc1ccc(C(=O)N2CCC3(CC2)CN(Cc2ccccc2)CC3c2nncn2C)s1. The van der Waals surface area contributed by atoms with Gasteiger partial charge in [-0.1, -0.05) is 30.3 Å². The molecule has 31 heavy (non-hydrogen) atoms. The Kier molecular flexibility index (Phi) is 5.40. The van der Waals surface area contributed by atoms with Crippen LogP contribution in [0.2, 0.25) is 0 Å². The Morgan fingerprint density at radius 2 is 1.94 bits per heavy atom. The zero-order chi connectivity index (χ0) is 21.4. The van der Waals surface area contributed by atoms with E-state index in [1.165, 1.54) is 10.4 Å². The molecule has 6 nitrogen and oxygen atoms in total. The highest BCUT2D eigenvalue weighted by Gasteiger charge is 2.50. The first kappa shape index (κ1) is 20.4. The fourth-order valence-corrected chi connectivity index (χ4v) is 6.20. The van der Waals surface area contributed by atoms with Gasteiger partial charge in [0.1, 0.15) is 12.2 Å². The van der Waals surface area contributed by atoms with Crippen molar-refractivity contribution in [1.82, 2.24) is 24.6 Å². The molecule has 2 aromatic heterocycles. The Bertz CT molecular complexity index is 1050. The Labute approximate surface area is 187 Å². The molecule has 1 amide bonds. The lowest BCUT2D eigenvalue weighted by Crippen LogP contribution is -2.46. The van der Waals surface area contributed by atoms with Crippen LogP contribution in [0.4, 0.5) is 0 Å². The van der Waals surface area contributed by atoms with E-state index < -0.39 is 0 Å². The highest BCUT2D eigenvalue weighted by molar-refractivity contribution is 7.13. The molecule has 0 saturated carbocycles. The van der Waals surface area contributed by atoms with Crippen LogP contribution in [0, 0.1) is 12.3 Å². The van der Waals surface area contributed by atoms with E-state index in [9.17, 15) is 4.79 Å². The second-order valence-electron chi connectivity index (χ2n) is 9.07. The smallest absolute Gasteiger partial charge is 0.263 e. The van der Waals surface area contributed by atoms with E-state index in [2.05, 4.69) is 56.9 Å². The summed E-state index contributed by atoms with van der Waals surface area (Å²) in [4.78, 5) is 19.6. The lowest BCUT2D eigenvalue weighted by Gasteiger charge is -2.42. The van der Waals surface area contributed by atoms with E-state index in [1.54, 1.807) is 17.7 Å². The summed E-state index contributed by atoms with van der Waals surface area (Å²) in [6.07, 6.45) is 3.82. The van der Waals surface area contributed by atoms with Crippen LogP contribution in [0.5, 0.6) is 0 Å². The second kappa shape index (κ2) is 8.20. The van der Waals surface area contributed by atoms with E-state index in [0.29, 0.717) is 5.92 Å². The molecule has 2 saturated heterocycles. The molecule has 0 aliphatic carbocycles. The quantitative estimate of drug-likeness (QED) is 0.627. The summed E-state index contributed by atoms with van der Waals surface area (Å²) in [5.41, 5.74) is 1.48. The Hall–Kier alpha value is -2.51. The van der Waals surface area contributed by atoms with Crippen LogP contribution in [0.25, 0.3) is 0 Å². The van der Waals surface area contributed by atoms with Gasteiger partial charge in [0.2, 0.25) is 0 Å². The predicted molar refractivity (Wildman–Crippen MR) is 122 cm³/mol. The van der Waals surface area contributed by atoms with E-state index in [-0.39, 0.29) is 11.3 Å². The summed E-state index contributed by atoms with van der Waals surface area (Å²) >= 11 is 1.59. The predicted octanol–water partition coefficient (Wildman–Crippen LogP) is 3.71. The molecule has 0 bridgehead atoms. The first-order chi connectivity index (χ1) is 15.0. The summed E-state index contributed by atoms with van der Waals surface area (Å²) < 4.78 is 2.07. The number of carbonyl (C=O) groups excluding carboxylic acids is 1. The van der Waals surface area contributed by atoms with Gasteiger partial charge in [-0.3, -0.25) is 9.69 Å². The van der Waals surface area contributed by atoms with E-state index in [1.807, 2.05) is 24.1 Å². The van der Waals surface area contributed by atoms with E-state index in [4.69, 9.17) is 0 Å². The van der Waals surface area contributed by atoms with Gasteiger partial charge in [0.25, 0.3) is 5.91 Å². The lowest BCUT2D eigenvalue weighted by molar-refractivity contribution is 0.0559. The summed E-state index contributed by atoms with van der Waals surface area (Å²) in [6, 6.07) is 14.7. The van der Waals surface area contributed by atoms with Gasteiger partial charge in [-0.25, -0.2) is 0 Å². The summed E-state index contributed by atoms with van der Waals surface area (Å²) in [7, 11) is 2.04. The van der Waals surface area contributed by atoms with Crippen LogP contribution in [-0.2, 0) is 13.6 Å². The van der Waals surface area contributed by atoms with Crippen LogP contribution in [-0.4, -0.2) is 56.7 Å². The molecule has 1 atom stereocenters. The Morgan fingerprint density at radius 3 is 2.58 bits per heavy atom. The van der Waals surface area contributed by atoms with E-state index >= 15 is 0 Å². The average Bonchev–Trinajstić information content (AvgIpc) is 3.48. The fraction of sp³-hybridized carbons (Fsp3) is 0.458. The van der Waals surface area contributed by atoms with E-state index in [0.717, 1.165) is 56.3 Å². The summed E-state index contributed by atoms with van der Waals surface area (Å²) in [6.45, 7) is 6.65. The lowest BCUT2D eigenvalue weighted by atomic mass is 9.70. The second-order valence-corrected chi connectivity index (χ2v) is 10.4. The van der Waals surface area contributed by atoms with Crippen molar-refractivity contribution in [2.75, 3.05) is 26.2 Å². The third-order valence-corrected chi connectivity index (χ3v) is 8.01. The van der Waals surface area contributed by atoms with Crippen molar-refractivity contribution in [2.24, 2.45) is 12.5 Å². The van der Waals surface area contributed by atoms with Crippen molar-refractivity contribution >= 4 is 17.2 Å². The number of carbonyl (C=O) groups is 1. The standard InChI is InChI=1S/C24H29N5OS/c1-18-8-9-21(31-18)23(30)29-12-10-24(11-13-29)16-28(14-19-6-4-3-5-7-19)15-20(24)22-26-25-17-27(22)2/h3-9,17,20H,10-16H2,1-2H3. The van der Waals surface area contributed by atoms with Gasteiger partial charge in [0.15, 0.2) is 0 Å². The number of amides is 1. The number of aromatic nitrogens is 3. The van der Waals surface area contributed by atoms with Crippen LogP contribution >= 0.6 is 11.3 Å². The summed E-state index contributed by atoms with van der Waals surface area (Å²) in [5.74, 6) is 1.59. The van der Waals surface area contributed by atoms with Crippen LogP contribution in [0.3, 0.4) is 0 Å². The minimum absolute atomic E-state index is 0.137. The third-order valence-electron chi connectivity index (χ3n) is 7.02. The highest BCUT2D eigenvalue weighted by Crippen LogP contribution is 2.49. The molecule has 162 valence electrons. The molecule has 3 aromatic rings. The molecule has 0 radical (unpaired) electrons. The van der Waals surface area contributed by atoms with Crippen molar-refractivity contribution in [3.63, 3.8) is 0 Å². The first-order valence-electron chi connectivity index (χ1n) is 11.0. The van der Waals surface area contributed by atoms with Gasteiger partial charge in [-0.15, -0.1) is 21.5 Å². The van der Waals surface area contributed by atoms with Crippen molar-refractivity contribution in [3.8, 4) is 0 Å². The number of likely N-dealkylation sites (tertiary alicyclic amines) is 2. The van der Waals surface area contributed by atoms with Crippen molar-refractivity contribution in [2.45, 2.75) is 32.2 Å². The first-order valence-corrected chi connectivity index (χ1v) is 11.8. The third kappa shape index (κ3) is 3.92. The van der Waals surface area contributed by atoms with Crippen molar-refractivity contribution in [1.29, 1.82) is 0 Å². The Morgan fingerprint density at radius 1 is 1.16 bits per heavy atom. The number of hydrogen-bond acceptors (Lipinski definition) is 5. The van der Waals surface area contributed by atoms with Gasteiger partial charge in [0, 0.05) is 50.6 Å². The topological polar surface area (TPSA) is 54.3 Å². The van der Waals surface area contributed by atoms with Crippen LogP contribution in [0.1, 0.15) is 44.7 Å². The summed E-state index contributed by atoms with van der Waals surface area (Å²) in [5, 5.41) is 8.67. The number of nitrogens with zero attached hydrogens (tertiary/aromatic N) is 5. The van der Waals surface area contributed by atoms with Gasteiger partial charge < -0.3 is 9.47 Å². The Balaban J connectivity index is 1.35. The maximum absolute atomic E-state index is 13.0. The van der Waals surface area contributed by atoms with Crippen LogP contribution < -0.4 is 0 Å². The van der Waals surface area contributed by atoms with Crippen LogP contribution in [0.15, 0.2) is 48.8 Å². The molecule has 2 aliphatic rings. The number of thiophene rings is 1. The molecule has 0 N–H and O–H groups in total. The monoisotopic (exact) mass is 435 g/mol. The molecule has 5 rings (SSSR count). The maximum atomic E-state index is 13.0. The maximum Gasteiger partial charge on any atom is 0.263 e. The number of piperidine rings is 1. The van der Waals surface area contributed by atoms with Crippen molar-refractivity contribution in [3.05, 3.63) is 69.9 Å². The molecule has 1 aromatic carbocycles. The zero-order valence-electron chi connectivity index (χ0n) is 18.2. The van der Waals surface area contributed by atoms with Gasteiger partial charge in [-0.05, 0) is 42.9 Å². The number of aryl methyl sites for hydroxylation is 2. The normalized spacial score (nSPS) is 21.1. The molecule has 7 heteroatoms. The number of rotatable bonds is 4. The highest BCUT2D eigenvalue weighted by atomic mass is 32.1. The van der Waals surface area contributed by atoms with Crippen molar-refractivity contribution < 1.29 is 4.79 Å². The zero-order valence-corrected chi connectivity index (χ0v) is 19.0.